The summed E-state index contributed by atoms with van der Waals surface area (Å²) >= 11 is 5.20. The topological polar surface area (TPSA) is 88.7 Å². The van der Waals surface area contributed by atoms with E-state index in [1.54, 1.807) is 55.6 Å². The number of rotatable bonds is 7. The van der Waals surface area contributed by atoms with Gasteiger partial charge in [0, 0.05) is 25.4 Å². The van der Waals surface area contributed by atoms with Crippen LogP contribution in [0, 0.1) is 0 Å². The maximum Gasteiger partial charge on any atom is 0.261 e. The normalized spacial score (nSPS) is 10.0. The molecule has 0 saturated heterocycles. The molecule has 0 bridgehead atoms. The molecule has 3 N–H and O–H groups in total. The van der Waals surface area contributed by atoms with Gasteiger partial charge in [0.25, 0.3) is 5.91 Å². The summed E-state index contributed by atoms with van der Waals surface area (Å²) in [5, 5.41) is 8.35. The van der Waals surface area contributed by atoms with Gasteiger partial charge in [0.15, 0.2) is 5.11 Å². The van der Waals surface area contributed by atoms with Gasteiger partial charge in [-0.05, 0) is 42.5 Å². The summed E-state index contributed by atoms with van der Waals surface area (Å²) in [5.41, 5.74) is 1.62. The standard InChI is InChI=1S/C19H21N3O4S/c1-13(23)20-14-6-5-7-15(12-14)21-19(27)22-18(24)16-8-3-4-9-17(16)26-11-10-25-2/h3-9,12H,10-11H2,1-2H3,(H,20,23)(H2,21,22,24,27). The van der Waals surface area contributed by atoms with Gasteiger partial charge in [-0.2, -0.15) is 0 Å². The third-order valence-corrected chi connectivity index (χ3v) is 3.55. The van der Waals surface area contributed by atoms with E-state index in [0.717, 1.165) is 0 Å². The predicted molar refractivity (Wildman–Crippen MR) is 108 cm³/mol. The van der Waals surface area contributed by atoms with Crippen molar-refractivity contribution in [2.45, 2.75) is 6.92 Å². The average molecular weight is 387 g/mol. The molecular weight excluding hydrogens is 366 g/mol. The molecule has 0 heterocycles. The molecule has 0 fully saturated rings. The Morgan fingerprint density at radius 2 is 1.70 bits per heavy atom. The summed E-state index contributed by atoms with van der Waals surface area (Å²) in [6.07, 6.45) is 0. The molecule has 8 heteroatoms. The van der Waals surface area contributed by atoms with Gasteiger partial charge >= 0.3 is 0 Å². The van der Waals surface area contributed by atoms with E-state index in [4.69, 9.17) is 21.7 Å². The zero-order valence-corrected chi connectivity index (χ0v) is 15.9. The number of anilines is 2. The molecule has 0 spiro atoms. The zero-order chi connectivity index (χ0) is 19.6. The Balaban J connectivity index is 2.00. The van der Waals surface area contributed by atoms with E-state index in [1.165, 1.54) is 6.92 Å². The number of nitrogens with one attached hydrogen (secondary N) is 3. The van der Waals surface area contributed by atoms with E-state index in [1.807, 2.05) is 0 Å². The molecule has 2 aromatic carbocycles. The van der Waals surface area contributed by atoms with E-state index in [-0.39, 0.29) is 11.0 Å². The molecule has 0 unspecified atom stereocenters. The summed E-state index contributed by atoms with van der Waals surface area (Å²) in [6.45, 7) is 2.18. The smallest absolute Gasteiger partial charge is 0.261 e. The van der Waals surface area contributed by atoms with Gasteiger partial charge in [0.2, 0.25) is 5.91 Å². The largest absolute Gasteiger partial charge is 0.490 e. The fourth-order valence-electron chi connectivity index (χ4n) is 2.23. The van der Waals surface area contributed by atoms with Crippen LogP contribution in [0.5, 0.6) is 5.75 Å². The number of hydrogen-bond acceptors (Lipinski definition) is 5. The summed E-state index contributed by atoms with van der Waals surface area (Å²) in [7, 11) is 1.58. The second-order valence-corrected chi connectivity index (χ2v) is 5.92. The van der Waals surface area contributed by atoms with Gasteiger partial charge in [0.1, 0.15) is 12.4 Å². The van der Waals surface area contributed by atoms with E-state index in [0.29, 0.717) is 35.9 Å². The Bertz CT molecular complexity index is 826. The van der Waals surface area contributed by atoms with Crippen LogP contribution in [-0.4, -0.2) is 37.3 Å². The van der Waals surface area contributed by atoms with Crippen molar-refractivity contribution in [1.29, 1.82) is 0 Å². The molecule has 0 radical (unpaired) electrons. The quantitative estimate of drug-likeness (QED) is 0.500. The molecule has 2 rings (SSSR count). The highest BCUT2D eigenvalue weighted by molar-refractivity contribution is 7.80. The van der Waals surface area contributed by atoms with Crippen molar-refractivity contribution < 1.29 is 19.1 Å². The van der Waals surface area contributed by atoms with Crippen LogP contribution in [0.3, 0.4) is 0 Å². The van der Waals surface area contributed by atoms with Crippen molar-refractivity contribution in [2.24, 2.45) is 0 Å². The fourth-order valence-corrected chi connectivity index (χ4v) is 2.44. The average Bonchev–Trinajstić information content (AvgIpc) is 2.62. The fraction of sp³-hybridized carbons (Fsp3) is 0.211. The molecule has 0 saturated carbocycles. The summed E-state index contributed by atoms with van der Waals surface area (Å²) in [5.74, 6) is -0.117. The lowest BCUT2D eigenvalue weighted by Crippen LogP contribution is -2.34. The van der Waals surface area contributed by atoms with Crippen molar-refractivity contribution in [1.82, 2.24) is 5.32 Å². The Kier molecular flexibility index (Phi) is 7.72. The van der Waals surface area contributed by atoms with Crippen molar-refractivity contribution >= 4 is 40.5 Å². The molecule has 7 nitrogen and oxygen atoms in total. The number of amides is 2. The Hall–Kier alpha value is -2.97. The lowest BCUT2D eigenvalue weighted by molar-refractivity contribution is -0.114. The Morgan fingerprint density at radius 1 is 1.00 bits per heavy atom. The van der Waals surface area contributed by atoms with Crippen LogP contribution in [0.25, 0.3) is 0 Å². The van der Waals surface area contributed by atoms with Gasteiger partial charge in [-0.15, -0.1) is 0 Å². The lowest BCUT2D eigenvalue weighted by Gasteiger charge is -2.13. The van der Waals surface area contributed by atoms with Gasteiger partial charge < -0.3 is 20.1 Å². The maximum atomic E-state index is 12.5. The van der Waals surface area contributed by atoms with Crippen LogP contribution < -0.4 is 20.7 Å². The third-order valence-electron chi connectivity index (χ3n) is 3.34. The number of para-hydroxylation sites is 1. The van der Waals surface area contributed by atoms with Crippen LogP contribution >= 0.6 is 12.2 Å². The van der Waals surface area contributed by atoms with Crippen molar-refractivity contribution in [3.05, 3.63) is 54.1 Å². The lowest BCUT2D eigenvalue weighted by atomic mass is 10.2. The van der Waals surface area contributed by atoms with Gasteiger partial charge in [-0.3, -0.25) is 14.9 Å². The van der Waals surface area contributed by atoms with Crippen molar-refractivity contribution in [3.63, 3.8) is 0 Å². The second-order valence-electron chi connectivity index (χ2n) is 5.51. The molecule has 0 aliphatic carbocycles. The van der Waals surface area contributed by atoms with Gasteiger partial charge in [0.05, 0.1) is 12.2 Å². The molecule has 142 valence electrons. The minimum Gasteiger partial charge on any atom is -0.490 e. The van der Waals surface area contributed by atoms with Crippen LogP contribution in [0.1, 0.15) is 17.3 Å². The first-order valence-corrected chi connectivity index (χ1v) is 8.61. The van der Waals surface area contributed by atoms with E-state index in [9.17, 15) is 9.59 Å². The van der Waals surface area contributed by atoms with E-state index in [2.05, 4.69) is 16.0 Å². The third kappa shape index (κ3) is 6.69. The zero-order valence-electron chi connectivity index (χ0n) is 15.1. The van der Waals surface area contributed by atoms with Crippen molar-refractivity contribution in [2.75, 3.05) is 31.0 Å². The first-order chi connectivity index (χ1) is 13.0. The first-order valence-electron chi connectivity index (χ1n) is 8.20. The number of thiocarbonyl (C=S) groups is 1. The number of ether oxygens (including phenoxy) is 2. The Morgan fingerprint density at radius 3 is 2.41 bits per heavy atom. The van der Waals surface area contributed by atoms with Crippen LogP contribution in [-0.2, 0) is 9.53 Å². The van der Waals surface area contributed by atoms with Crippen LogP contribution in [0.2, 0.25) is 0 Å². The summed E-state index contributed by atoms with van der Waals surface area (Å²) in [6, 6.07) is 13.9. The minimum absolute atomic E-state index is 0.131. The highest BCUT2D eigenvalue weighted by Gasteiger charge is 2.13. The number of hydrogen-bond donors (Lipinski definition) is 3. The maximum absolute atomic E-state index is 12.5. The summed E-state index contributed by atoms with van der Waals surface area (Å²) < 4.78 is 10.5. The van der Waals surface area contributed by atoms with Gasteiger partial charge in [-0.25, -0.2) is 0 Å². The number of carbonyl (C=O) groups excluding carboxylic acids is 2. The molecule has 0 aliphatic rings. The molecule has 0 aliphatic heterocycles. The second kappa shape index (κ2) is 10.2. The summed E-state index contributed by atoms with van der Waals surface area (Å²) in [4.78, 5) is 23.6. The predicted octanol–water partition coefficient (Wildman–Crippen LogP) is 2.80. The number of methoxy groups -OCH3 is 1. The van der Waals surface area contributed by atoms with Crippen LogP contribution in [0.15, 0.2) is 48.5 Å². The molecule has 0 atom stereocenters. The SMILES string of the molecule is COCCOc1ccccc1C(=O)NC(=S)Nc1cccc(NC(C)=O)c1. The highest BCUT2D eigenvalue weighted by atomic mass is 32.1. The highest BCUT2D eigenvalue weighted by Crippen LogP contribution is 2.18. The first kappa shape index (κ1) is 20.3. The number of carbonyl (C=O) groups is 2. The number of benzene rings is 2. The van der Waals surface area contributed by atoms with Gasteiger partial charge in [-0.1, -0.05) is 18.2 Å². The Labute approximate surface area is 163 Å². The molecule has 2 amide bonds. The molecular formula is C19H21N3O4S. The monoisotopic (exact) mass is 387 g/mol. The van der Waals surface area contributed by atoms with E-state index < -0.39 is 5.91 Å². The van der Waals surface area contributed by atoms with Crippen molar-refractivity contribution in [3.8, 4) is 5.75 Å². The minimum atomic E-state index is -0.390. The van der Waals surface area contributed by atoms with E-state index >= 15 is 0 Å². The molecule has 2 aromatic rings. The van der Waals surface area contributed by atoms with Crippen LogP contribution in [0.4, 0.5) is 11.4 Å². The molecule has 27 heavy (non-hydrogen) atoms. The molecule has 0 aromatic heterocycles.